The van der Waals surface area contributed by atoms with Crippen molar-refractivity contribution in [3.8, 4) is 5.75 Å². The lowest BCUT2D eigenvalue weighted by Crippen LogP contribution is -2.24. The molecule has 0 bridgehead atoms. The number of rotatable bonds is 6. The van der Waals surface area contributed by atoms with Gasteiger partial charge in [-0.15, -0.1) is 0 Å². The van der Waals surface area contributed by atoms with Crippen molar-refractivity contribution < 1.29 is 9.84 Å². The van der Waals surface area contributed by atoms with Gasteiger partial charge in [-0.05, 0) is 23.1 Å². The number of benzene rings is 1. The fourth-order valence-corrected chi connectivity index (χ4v) is 1.50. The number of ether oxygens (including phenoxy) is 1. The first-order valence-corrected chi connectivity index (χ1v) is 6.09. The molecule has 0 heterocycles. The largest absolute Gasteiger partial charge is 0.492 e. The van der Waals surface area contributed by atoms with Crippen LogP contribution >= 0.6 is 0 Å². The lowest BCUT2D eigenvalue weighted by Gasteiger charge is -2.19. The molecule has 0 amide bonds. The monoisotopic (exact) mass is 237 g/mol. The van der Waals surface area contributed by atoms with Crippen LogP contribution in [0.1, 0.15) is 26.3 Å². The molecule has 0 saturated carbocycles. The maximum Gasteiger partial charge on any atom is 0.119 e. The summed E-state index contributed by atoms with van der Waals surface area (Å²) in [7, 11) is 0. The lowest BCUT2D eigenvalue weighted by molar-refractivity contribution is 0.275. The first-order chi connectivity index (χ1) is 8.04. The molecule has 0 saturated heterocycles. The van der Waals surface area contributed by atoms with Crippen molar-refractivity contribution >= 4 is 0 Å². The maximum absolute atomic E-state index is 8.61. The summed E-state index contributed by atoms with van der Waals surface area (Å²) in [5, 5.41) is 11.7. The first kappa shape index (κ1) is 14.0. The van der Waals surface area contributed by atoms with Gasteiger partial charge in [-0.2, -0.15) is 0 Å². The topological polar surface area (TPSA) is 41.5 Å². The summed E-state index contributed by atoms with van der Waals surface area (Å²) < 4.78 is 5.64. The van der Waals surface area contributed by atoms with E-state index in [0.717, 1.165) is 12.3 Å². The third kappa shape index (κ3) is 5.20. The van der Waals surface area contributed by atoms with E-state index in [4.69, 9.17) is 9.84 Å². The Morgan fingerprint density at radius 3 is 2.65 bits per heavy atom. The molecule has 0 unspecified atom stereocenters. The van der Waals surface area contributed by atoms with E-state index in [9.17, 15) is 0 Å². The predicted molar refractivity (Wildman–Crippen MR) is 70.6 cm³/mol. The highest BCUT2D eigenvalue weighted by Crippen LogP contribution is 2.25. The highest BCUT2D eigenvalue weighted by Gasteiger charge is 2.13. The van der Waals surface area contributed by atoms with Crippen LogP contribution in [0.3, 0.4) is 0 Å². The van der Waals surface area contributed by atoms with Gasteiger partial charge < -0.3 is 15.2 Å². The van der Waals surface area contributed by atoms with Crippen molar-refractivity contribution in [2.24, 2.45) is 0 Å². The summed E-state index contributed by atoms with van der Waals surface area (Å²) in [6.45, 7) is 8.72. The second-order valence-corrected chi connectivity index (χ2v) is 5.10. The van der Waals surface area contributed by atoms with E-state index in [1.54, 1.807) is 0 Å². The van der Waals surface area contributed by atoms with Gasteiger partial charge in [0.15, 0.2) is 0 Å². The molecular formula is C14H23NO2. The van der Waals surface area contributed by atoms with Gasteiger partial charge in [-0.1, -0.05) is 32.9 Å². The third-order valence-corrected chi connectivity index (χ3v) is 2.54. The average Bonchev–Trinajstić information content (AvgIpc) is 2.28. The van der Waals surface area contributed by atoms with Crippen LogP contribution in [0.25, 0.3) is 0 Å². The fraction of sp³-hybridized carbons (Fsp3) is 0.571. The van der Waals surface area contributed by atoms with Gasteiger partial charge in [0.05, 0.1) is 6.61 Å². The first-order valence-electron chi connectivity index (χ1n) is 6.09. The Morgan fingerprint density at radius 1 is 1.24 bits per heavy atom. The van der Waals surface area contributed by atoms with Crippen LogP contribution in [0, 0.1) is 0 Å². The summed E-state index contributed by atoms with van der Waals surface area (Å²) in [4.78, 5) is 0. The summed E-state index contributed by atoms with van der Waals surface area (Å²) >= 11 is 0. The number of hydrogen-bond donors (Lipinski definition) is 2. The van der Waals surface area contributed by atoms with E-state index in [1.165, 1.54) is 5.56 Å². The molecule has 0 spiro atoms. The Morgan fingerprint density at radius 2 is 2.00 bits per heavy atom. The molecule has 0 aliphatic carbocycles. The fourth-order valence-electron chi connectivity index (χ4n) is 1.50. The van der Waals surface area contributed by atoms with E-state index in [0.29, 0.717) is 13.2 Å². The standard InChI is InChI=1S/C14H23NO2/c1-14(2,3)12-5-4-6-13(11-12)17-10-8-15-7-9-16/h4-6,11,15-16H,7-10H2,1-3H3. The smallest absolute Gasteiger partial charge is 0.119 e. The van der Waals surface area contributed by atoms with Crippen LogP contribution in [-0.4, -0.2) is 31.4 Å². The van der Waals surface area contributed by atoms with Gasteiger partial charge in [-0.3, -0.25) is 0 Å². The molecule has 0 aliphatic heterocycles. The molecule has 0 aromatic heterocycles. The molecule has 1 aromatic carbocycles. The zero-order valence-electron chi connectivity index (χ0n) is 11.0. The van der Waals surface area contributed by atoms with Gasteiger partial charge in [-0.25, -0.2) is 0 Å². The molecule has 0 radical (unpaired) electrons. The third-order valence-electron chi connectivity index (χ3n) is 2.54. The molecule has 0 fully saturated rings. The molecule has 1 rings (SSSR count). The molecule has 3 nitrogen and oxygen atoms in total. The van der Waals surface area contributed by atoms with Crippen molar-refractivity contribution in [2.75, 3.05) is 26.3 Å². The summed E-state index contributed by atoms with van der Waals surface area (Å²) in [6, 6.07) is 8.21. The molecule has 3 heteroatoms. The highest BCUT2D eigenvalue weighted by molar-refractivity contribution is 5.32. The summed E-state index contributed by atoms with van der Waals surface area (Å²) in [5.74, 6) is 0.906. The zero-order valence-corrected chi connectivity index (χ0v) is 11.0. The van der Waals surface area contributed by atoms with E-state index in [-0.39, 0.29) is 12.0 Å². The Balaban J connectivity index is 2.44. The Kier molecular flexibility index (Phi) is 5.45. The highest BCUT2D eigenvalue weighted by atomic mass is 16.5. The lowest BCUT2D eigenvalue weighted by atomic mass is 9.87. The van der Waals surface area contributed by atoms with Crippen LogP contribution in [0.5, 0.6) is 5.75 Å². The van der Waals surface area contributed by atoms with Crippen LogP contribution in [-0.2, 0) is 5.41 Å². The van der Waals surface area contributed by atoms with Crippen LogP contribution in [0.15, 0.2) is 24.3 Å². The average molecular weight is 237 g/mol. The molecule has 2 N–H and O–H groups in total. The zero-order chi connectivity index (χ0) is 12.7. The molecule has 0 aliphatic rings. The molecule has 0 atom stereocenters. The number of hydrogen-bond acceptors (Lipinski definition) is 3. The Bertz CT molecular complexity index is 331. The predicted octanol–water partition coefficient (Wildman–Crippen LogP) is 1.94. The van der Waals surface area contributed by atoms with Gasteiger partial charge in [0.1, 0.15) is 12.4 Å². The van der Waals surface area contributed by atoms with Crippen molar-refractivity contribution in [3.63, 3.8) is 0 Å². The van der Waals surface area contributed by atoms with Crippen LogP contribution < -0.4 is 10.1 Å². The summed E-state index contributed by atoms with van der Waals surface area (Å²) in [5.41, 5.74) is 1.42. The van der Waals surface area contributed by atoms with Gasteiger partial charge in [0.25, 0.3) is 0 Å². The SMILES string of the molecule is CC(C)(C)c1cccc(OCCNCCO)c1. The van der Waals surface area contributed by atoms with E-state index < -0.39 is 0 Å². The normalized spacial score (nSPS) is 11.5. The molecular weight excluding hydrogens is 214 g/mol. The minimum absolute atomic E-state index is 0.147. The minimum atomic E-state index is 0.147. The van der Waals surface area contributed by atoms with E-state index in [1.807, 2.05) is 12.1 Å². The summed E-state index contributed by atoms with van der Waals surface area (Å²) in [6.07, 6.45) is 0. The van der Waals surface area contributed by atoms with Crippen molar-refractivity contribution in [1.29, 1.82) is 0 Å². The van der Waals surface area contributed by atoms with Crippen molar-refractivity contribution in [1.82, 2.24) is 5.32 Å². The van der Waals surface area contributed by atoms with Crippen molar-refractivity contribution in [3.05, 3.63) is 29.8 Å². The second kappa shape index (κ2) is 6.62. The Labute approximate surface area is 104 Å². The van der Waals surface area contributed by atoms with Gasteiger partial charge in [0, 0.05) is 13.1 Å². The number of aliphatic hydroxyl groups is 1. The van der Waals surface area contributed by atoms with Crippen molar-refractivity contribution in [2.45, 2.75) is 26.2 Å². The van der Waals surface area contributed by atoms with E-state index in [2.05, 4.69) is 38.2 Å². The second-order valence-electron chi connectivity index (χ2n) is 5.10. The number of aliphatic hydroxyl groups excluding tert-OH is 1. The number of nitrogens with one attached hydrogen (secondary N) is 1. The molecule has 17 heavy (non-hydrogen) atoms. The quantitative estimate of drug-likeness (QED) is 0.743. The maximum atomic E-state index is 8.61. The van der Waals surface area contributed by atoms with E-state index >= 15 is 0 Å². The van der Waals surface area contributed by atoms with Gasteiger partial charge in [0.2, 0.25) is 0 Å². The van der Waals surface area contributed by atoms with Crippen LogP contribution in [0.2, 0.25) is 0 Å². The molecule has 96 valence electrons. The Hall–Kier alpha value is -1.06. The van der Waals surface area contributed by atoms with Gasteiger partial charge >= 0.3 is 0 Å². The minimum Gasteiger partial charge on any atom is -0.492 e. The van der Waals surface area contributed by atoms with Crippen LogP contribution in [0.4, 0.5) is 0 Å². The molecule has 1 aromatic rings.